The van der Waals surface area contributed by atoms with E-state index in [2.05, 4.69) is 34.0 Å². The predicted molar refractivity (Wildman–Crippen MR) is 148 cm³/mol. The molecule has 0 atom stereocenters. The van der Waals surface area contributed by atoms with Crippen LogP contribution in [-0.2, 0) is 16.2 Å². The SMILES string of the molecule is COc1ccccc1NC(=O)CCC(=O)NN=Cc1ccc(OCc2cccc3ccccc23)c(OC)c1. The molecule has 0 saturated heterocycles. The van der Waals surface area contributed by atoms with Crippen LogP contribution in [0.1, 0.15) is 24.0 Å². The third kappa shape index (κ3) is 6.88. The third-order valence-corrected chi connectivity index (χ3v) is 5.81. The summed E-state index contributed by atoms with van der Waals surface area (Å²) in [5.74, 6) is 1.03. The molecule has 0 aliphatic carbocycles. The van der Waals surface area contributed by atoms with Gasteiger partial charge in [0.15, 0.2) is 11.5 Å². The molecule has 38 heavy (non-hydrogen) atoms. The third-order valence-electron chi connectivity index (χ3n) is 5.81. The van der Waals surface area contributed by atoms with Crippen LogP contribution in [0.2, 0.25) is 0 Å². The number of fused-ring (bicyclic) bond motifs is 1. The molecular weight excluding hydrogens is 482 g/mol. The number of carbonyl (C=O) groups excluding carboxylic acids is 2. The zero-order valence-corrected chi connectivity index (χ0v) is 21.3. The van der Waals surface area contributed by atoms with Gasteiger partial charge >= 0.3 is 0 Å². The number of para-hydroxylation sites is 2. The summed E-state index contributed by atoms with van der Waals surface area (Å²) in [5, 5.41) is 9.03. The Bertz CT molecular complexity index is 1450. The summed E-state index contributed by atoms with van der Waals surface area (Å²) >= 11 is 0. The topological polar surface area (TPSA) is 98.2 Å². The molecule has 0 spiro atoms. The van der Waals surface area contributed by atoms with E-state index in [1.807, 2.05) is 36.4 Å². The second-order valence-corrected chi connectivity index (χ2v) is 8.38. The van der Waals surface area contributed by atoms with Crippen LogP contribution in [0.25, 0.3) is 10.8 Å². The van der Waals surface area contributed by atoms with Gasteiger partial charge in [-0.2, -0.15) is 5.10 Å². The molecule has 0 aromatic heterocycles. The molecule has 4 aromatic carbocycles. The number of anilines is 1. The summed E-state index contributed by atoms with van der Waals surface area (Å²) in [7, 11) is 3.10. The summed E-state index contributed by atoms with van der Waals surface area (Å²) in [6.45, 7) is 0.395. The molecule has 8 nitrogen and oxygen atoms in total. The van der Waals surface area contributed by atoms with Gasteiger partial charge in [-0.15, -0.1) is 0 Å². The molecule has 0 saturated carbocycles. The van der Waals surface area contributed by atoms with Crippen LogP contribution in [0.15, 0.2) is 90.0 Å². The highest BCUT2D eigenvalue weighted by atomic mass is 16.5. The van der Waals surface area contributed by atoms with Crippen molar-refractivity contribution in [3.05, 3.63) is 96.1 Å². The van der Waals surface area contributed by atoms with E-state index in [9.17, 15) is 9.59 Å². The second kappa shape index (κ2) is 12.9. The molecule has 0 heterocycles. The predicted octanol–water partition coefficient (Wildman–Crippen LogP) is 5.31. The minimum absolute atomic E-state index is 0.00988. The Morgan fingerprint density at radius 1 is 0.789 bits per heavy atom. The lowest BCUT2D eigenvalue weighted by molar-refractivity contribution is -0.124. The maximum Gasteiger partial charge on any atom is 0.240 e. The molecule has 194 valence electrons. The summed E-state index contributed by atoms with van der Waals surface area (Å²) in [4.78, 5) is 24.3. The molecule has 8 heteroatoms. The van der Waals surface area contributed by atoms with Crippen LogP contribution in [-0.4, -0.2) is 32.2 Å². The zero-order chi connectivity index (χ0) is 26.7. The van der Waals surface area contributed by atoms with E-state index in [0.29, 0.717) is 35.1 Å². The molecule has 0 aliphatic rings. The van der Waals surface area contributed by atoms with Crippen LogP contribution >= 0.6 is 0 Å². The lowest BCUT2D eigenvalue weighted by atomic mass is 10.1. The summed E-state index contributed by atoms with van der Waals surface area (Å²) in [6.07, 6.45) is 1.50. The normalized spacial score (nSPS) is 10.8. The molecule has 2 amide bonds. The van der Waals surface area contributed by atoms with E-state index < -0.39 is 0 Å². The molecular formula is C30H29N3O5. The number of amides is 2. The van der Waals surface area contributed by atoms with E-state index in [1.165, 1.54) is 13.3 Å². The van der Waals surface area contributed by atoms with Crippen molar-refractivity contribution in [2.24, 2.45) is 5.10 Å². The molecule has 0 aliphatic heterocycles. The van der Waals surface area contributed by atoms with Crippen LogP contribution in [0.3, 0.4) is 0 Å². The van der Waals surface area contributed by atoms with Crippen LogP contribution in [0.5, 0.6) is 17.2 Å². The van der Waals surface area contributed by atoms with Gasteiger partial charge in [0, 0.05) is 12.8 Å². The minimum atomic E-state index is -0.376. The number of benzene rings is 4. The number of nitrogens with zero attached hydrogens (tertiary/aromatic N) is 1. The number of hydrazone groups is 1. The van der Waals surface area contributed by atoms with E-state index in [-0.39, 0.29) is 24.7 Å². The molecule has 0 unspecified atom stereocenters. The fourth-order valence-electron chi connectivity index (χ4n) is 3.88. The fourth-order valence-corrected chi connectivity index (χ4v) is 3.88. The first-order valence-electron chi connectivity index (χ1n) is 12.1. The van der Waals surface area contributed by atoms with E-state index in [0.717, 1.165) is 16.3 Å². The van der Waals surface area contributed by atoms with Crippen LogP contribution in [0, 0.1) is 0 Å². The molecule has 2 N–H and O–H groups in total. The highest BCUT2D eigenvalue weighted by molar-refractivity contribution is 5.94. The van der Waals surface area contributed by atoms with E-state index >= 15 is 0 Å². The van der Waals surface area contributed by atoms with Crippen molar-refractivity contribution in [1.29, 1.82) is 0 Å². The molecule has 0 fully saturated rings. The van der Waals surface area contributed by atoms with Gasteiger partial charge in [0.1, 0.15) is 12.4 Å². The smallest absolute Gasteiger partial charge is 0.240 e. The van der Waals surface area contributed by atoms with E-state index in [1.54, 1.807) is 37.4 Å². The average molecular weight is 512 g/mol. The van der Waals surface area contributed by atoms with Gasteiger partial charge in [-0.1, -0.05) is 54.6 Å². The quantitative estimate of drug-likeness (QED) is 0.210. The average Bonchev–Trinajstić information content (AvgIpc) is 2.95. The van der Waals surface area contributed by atoms with Crippen molar-refractivity contribution < 1.29 is 23.8 Å². The van der Waals surface area contributed by atoms with Crippen LogP contribution in [0.4, 0.5) is 5.69 Å². The lowest BCUT2D eigenvalue weighted by Gasteiger charge is -2.12. The van der Waals surface area contributed by atoms with Gasteiger partial charge < -0.3 is 19.5 Å². The highest BCUT2D eigenvalue weighted by Gasteiger charge is 2.10. The molecule has 4 aromatic rings. The summed E-state index contributed by atoms with van der Waals surface area (Å²) in [6, 6.07) is 26.8. The number of nitrogens with one attached hydrogen (secondary N) is 2. The Hall–Kier alpha value is -4.85. The number of rotatable bonds is 11. The van der Waals surface area contributed by atoms with Crippen LogP contribution < -0.4 is 25.0 Å². The number of hydrogen-bond donors (Lipinski definition) is 2. The van der Waals surface area contributed by atoms with E-state index in [4.69, 9.17) is 14.2 Å². The Morgan fingerprint density at radius 3 is 2.37 bits per heavy atom. The number of hydrogen-bond acceptors (Lipinski definition) is 6. The first-order chi connectivity index (χ1) is 18.6. The number of ether oxygens (including phenoxy) is 3. The second-order valence-electron chi connectivity index (χ2n) is 8.38. The first-order valence-corrected chi connectivity index (χ1v) is 12.1. The van der Waals surface area contributed by atoms with Crippen molar-refractivity contribution >= 4 is 34.5 Å². The van der Waals surface area contributed by atoms with Gasteiger partial charge in [-0.3, -0.25) is 9.59 Å². The van der Waals surface area contributed by atoms with Gasteiger partial charge in [-0.25, -0.2) is 5.43 Å². The summed E-state index contributed by atoms with van der Waals surface area (Å²) in [5.41, 5.74) is 4.79. The first kappa shape index (κ1) is 26.2. The highest BCUT2D eigenvalue weighted by Crippen LogP contribution is 2.29. The maximum atomic E-state index is 12.2. The van der Waals surface area contributed by atoms with Gasteiger partial charge in [0.2, 0.25) is 11.8 Å². The lowest BCUT2D eigenvalue weighted by Crippen LogP contribution is -2.20. The largest absolute Gasteiger partial charge is 0.495 e. The van der Waals surface area contributed by atoms with Crippen molar-refractivity contribution in [1.82, 2.24) is 5.43 Å². The van der Waals surface area contributed by atoms with Crippen molar-refractivity contribution in [3.8, 4) is 17.2 Å². The molecule has 0 radical (unpaired) electrons. The standard InChI is InChI=1S/C30H29N3O5/c1-36-26-13-6-5-12-25(26)32-29(34)16-17-30(35)33-31-19-21-14-15-27(28(18-21)37-2)38-20-23-10-7-9-22-8-3-4-11-24(22)23/h3-15,18-19H,16-17,20H2,1-2H3,(H,32,34)(H,33,35). The van der Waals surface area contributed by atoms with Crippen molar-refractivity contribution in [2.45, 2.75) is 19.4 Å². The Kier molecular flexibility index (Phi) is 8.91. The monoisotopic (exact) mass is 511 g/mol. The molecule has 0 bridgehead atoms. The summed E-state index contributed by atoms with van der Waals surface area (Å²) < 4.78 is 16.7. The Labute approximate surface area is 221 Å². The maximum absolute atomic E-state index is 12.2. The Balaban J connectivity index is 1.28. The number of methoxy groups -OCH3 is 2. The zero-order valence-electron chi connectivity index (χ0n) is 21.3. The van der Waals surface area contributed by atoms with Crippen molar-refractivity contribution in [2.75, 3.05) is 19.5 Å². The van der Waals surface area contributed by atoms with Gasteiger partial charge in [0.05, 0.1) is 26.1 Å². The minimum Gasteiger partial charge on any atom is -0.495 e. The van der Waals surface area contributed by atoms with Gasteiger partial charge in [0.25, 0.3) is 0 Å². The van der Waals surface area contributed by atoms with Gasteiger partial charge in [-0.05, 0) is 52.2 Å². The number of carbonyl (C=O) groups is 2. The fraction of sp³-hybridized carbons (Fsp3) is 0.167. The van der Waals surface area contributed by atoms with Crippen molar-refractivity contribution in [3.63, 3.8) is 0 Å². The molecule has 4 rings (SSSR count). The Morgan fingerprint density at radius 2 is 1.53 bits per heavy atom.